The molecule has 4 rings (SSSR count). The largest absolute Gasteiger partial charge is 0.378 e. The number of hydrogen-bond donors (Lipinski definition) is 5. The Labute approximate surface area is 352 Å². The lowest BCUT2D eigenvalue weighted by Gasteiger charge is -2.35. The number of carbonyl (C=O) groups is 4. The molecular formula is C41H65N7O10S. The summed E-state index contributed by atoms with van der Waals surface area (Å²) in [4.78, 5) is 60.2. The van der Waals surface area contributed by atoms with E-state index < -0.39 is 24.0 Å². The van der Waals surface area contributed by atoms with Crippen molar-refractivity contribution >= 4 is 45.1 Å². The maximum Gasteiger partial charge on any atom is 0.252 e. The Bertz CT molecular complexity index is 1530. The van der Waals surface area contributed by atoms with Gasteiger partial charge in [0.1, 0.15) is 29.4 Å². The lowest BCUT2D eigenvalue weighted by Crippen LogP contribution is -2.57. The van der Waals surface area contributed by atoms with Gasteiger partial charge in [-0.1, -0.05) is 60.9 Å². The summed E-state index contributed by atoms with van der Waals surface area (Å²) in [5.41, 5.74) is 1.25. The average Bonchev–Trinajstić information content (AvgIpc) is 3.91. The summed E-state index contributed by atoms with van der Waals surface area (Å²) in [7, 11) is 3.59. The van der Waals surface area contributed by atoms with Crippen LogP contribution in [0.1, 0.15) is 51.9 Å². The zero-order valence-electron chi connectivity index (χ0n) is 34.9. The molecule has 18 heteroatoms. The molecule has 59 heavy (non-hydrogen) atoms. The lowest BCUT2D eigenvalue weighted by atomic mass is 9.83. The number of benzene rings is 1. The molecule has 330 valence electrons. The van der Waals surface area contributed by atoms with Gasteiger partial charge in [0.2, 0.25) is 17.7 Å². The van der Waals surface area contributed by atoms with Crippen molar-refractivity contribution in [2.45, 2.75) is 70.0 Å². The number of anilines is 2. The summed E-state index contributed by atoms with van der Waals surface area (Å²) in [5.74, 6) is -1.19. The zero-order valence-corrected chi connectivity index (χ0v) is 35.7. The number of aromatic nitrogens is 1. The van der Waals surface area contributed by atoms with Crippen LogP contribution in [0, 0.1) is 5.92 Å². The van der Waals surface area contributed by atoms with Gasteiger partial charge in [0, 0.05) is 18.7 Å². The second kappa shape index (κ2) is 28.0. The number of nitrogens with zero attached hydrogens (tertiary/aromatic N) is 2. The van der Waals surface area contributed by atoms with E-state index in [4.69, 9.17) is 28.4 Å². The Hall–Kier alpha value is -3.59. The van der Waals surface area contributed by atoms with Crippen LogP contribution in [0.5, 0.6) is 0 Å². The first kappa shape index (κ1) is 48.1. The van der Waals surface area contributed by atoms with Crippen LogP contribution in [0.3, 0.4) is 0 Å². The number of rotatable bonds is 29. The first-order valence-corrected chi connectivity index (χ1v) is 21.7. The summed E-state index contributed by atoms with van der Waals surface area (Å²) in [6.45, 7) is 7.71. The minimum atomic E-state index is -0.716. The monoisotopic (exact) mass is 847 g/mol. The van der Waals surface area contributed by atoms with Crippen molar-refractivity contribution in [3.05, 3.63) is 30.3 Å². The molecular weight excluding hydrogens is 783 g/mol. The van der Waals surface area contributed by atoms with Crippen LogP contribution in [0.4, 0.5) is 10.1 Å². The highest BCUT2D eigenvalue weighted by Gasteiger charge is 2.41. The normalized spacial score (nSPS) is 16.8. The topological polar surface area (TPSA) is 200 Å². The number of nitrogens with one attached hydrogen (secondary N) is 5. The van der Waals surface area contributed by atoms with Gasteiger partial charge < -0.3 is 54.6 Å². The molecule has 2 aliphatic rings. The van der Waals surface area contributed by atoms with E-state index in [1.807, 2.05) is 37.4 Å². The molecule has 0 radical (unpaired) electrons. The van der Waals surface area contributed by atoms with Crippen LogP contribution in [0.25, 0.3) is 11.3 Å². The molecule has 1 aliphatic heterocycles. The SMILES string of the molecule is CNCCOCCOCCOCCOCCOCCOCC(=O)Nc1nc(-c2ccccc2)c(NC(=O)[C@@H]2CCCN2C(=O)[C@@H](NC(=O)[C@H](C)NC)C2CCCCC2)s1. The Kier molecular flexibility index (Phi) is 22.8. The summed E-state index contributed by atoms with van der Waals surface area (Å²) in [6, 6.07) is 7.49. The number of ether oxygens (including phenoxy) is 6. The summed E-state index contributed by atoms with van der Waals surface area (Å²) < 4.78 is 32.8. The van der Waals surface area contributed by atoms with Crippen LogP contribution in [0.15, 0.2) is 30.3 Å². The highest BCUT2D eigenvalue weighted by molar-refractivity contribution is 7.20. The average molecular weight is 848 g/mol. The zero-order chi connectivity index (χ0) is 42.1. The van der Waals surface area contributed by atoms with E-state index in [0.717, 1.165) is 55.5 Å². The molecule has 2 fully saturated rings. The molecule has 3 atom stereocenters. The van der Waals surface area contributed by atoms with Crippen molar-refractivity contribution in [3.63, 3.8) is 0 Å². The Morgan fingerprint density at radius 3 is 1.95 bits per heavy atom. The first-order valence-electron chi connectivity index (χ1n) is 20.9. The second-order valence-electron chi connectivity index (χ2n) is 14.4. The molecule has 0 bridgehead atoms. The number of thiazole rings is 1. The van der Waals surface area contributed by atoms with E-state index in [1.165, 1.54) is 0 Å². The van der Waals surface area contributed by atoms with Gasteiger partial charge in [-0.05, 0) is 52.6 Å². The Morgan fingerprint density at radius 1 is 0.763 bits per heavy atom. The smallest absolute Gasteiger partial charge is 0.252 e. The maximum absolute atomic E-state index is 14.2. The van der Waals surface area contributed by atoms with Crippen LogP contribution >= 0.6 is 11.3 Å². The highest BCUT2D eigenvalue weighted by Crippen LogP contribution is 2.37. The molecule has 1 aliphatic carbocycles. The Morgan fingerprint density at radius 2 is 1.36 bits per heavy atom. The van der Waals surface area contributed by atoms with E-state index in [2.05, 4.69) is 31.6 Å². The fourth-order valence-electron chi connectivity index (χ4n) is 6.78. The third kappa shape index (κ3) is 17.1. The third-order valence-corrected chi connectivity index (χ3v) is 11.0. The van der Waals surface area contributed by atoms with Crippen LogP contribution < -0.4 is 26.6 Å². The number of amides is 4. The van der Waals surface area contributed by atoms with Crippen molar-refractivity contribution in [1.82, 2.24) is 25.8 Å². The van der Waals surface area contributed by atoms with Gasteiger partial charge in [0.25, 0.3) is 5.91 Å². The van der Waals surface area contributed by atoms with E-state index >= 15 is 0 Å². The van der Waals surface area contributed by atoms with Gasteiger partial charge in [-0.25, -0.2) is 4.98 Å². The molecule has 1 aromatic carbocycles. The van der Waals surface area contributed by atoms with E-state index in [0.29, 0.717) is 94.7 Å². The van der Waals surface area contributed by atoms with Crippen molar-refractivity contribution < 1.29 is 47.6 Å². The molecule has 1 saturated heterocycles. The maximum atomic E-state index is 14.2. The van der Waals surface area contributed by atoms with Crippen LogP contribution in [-0.4, -0.2) is 158 Å². The molecule has 1 saturated carbocycles. The van der Waals surface area contributed by atoms with E-state index in [9.17, 15) is 19.2 Å². The predicted octanol–water partition coefficient (Wildman–Crippen LogP) is 2.67. The van der Waals surface area contributed by atoms with Gasteiger partial charge in [0.15, 0.2) is 5.13 Å². The minimum Gasteiger partial charge on any atom is -0.378 e. The van der Waals surface area contributed by atoms with Crippen LogP contribution in [0.2, 0.25) is 0 Å². The molecule has 2 heterocycles. The first-order chi connectivity index (χ1) is 28.8. The molecule has 0 unspecified atom stereocenters. The number of hydrogen-bond acceptors (Lipinski definition) is 14. The van der Waals surface area contributed by atoms with Crippen molar-refractivity contribution in [2.75, 3.05) is 117 Å². The van der Waals surface area contributed by atoms with Gasteiger partial charge in [-0.2, -0.15) is 0 Å². The van der Waals surface area contributed by atoms with E-state index in [1.54, 1.807) is 18.9 Å². The molecule has 0 spiro atoms. The Balaban J connectivity index is 1.19. The molecule has 4 amide bonds. The number of likely N-dealkylation sites (N-methyl/N-ethyl adjacent to an activating group) is 2. The highest BCUT2D eigenvalue weighted by atomic mass is 32.1. The second-order valence-corrected chi connectivity index (χ2v) is 15.4. The fraction of sp³-hybridized carbons (Fsp3) is 0.683. The molecule has 2 aromatic rings. The van der Waals surface area contributed by atoms with E-state index in [-0.39, 0.29) is 43.5 Å². The summed E-state index contributed by atoms with van der Waals surface area (Å²) in [5, 5.41) is 15.5. The minimum absolute atomic E-state index is 0.0138. The van der Waals surface area contributed by atoms with Crippen molar-refractivity contribution in [1.29, 1.82) is 0 Å². The van der Waals surface area contributed by atoms with Gasteiger partial charge in [-0.3, -0.25) is 24.5 Å². The molecule has 1 aromatic heterocycles. The van der Waals surface area contributed by atoms with Crippen LogP contribution in [-0.2, 0) is 47.6 Å². The van der Waals surface area contributed by atoms with Crippen molar-refractivity contribution in [3.8, 4) is 11.3 Å². The summed E-state index contributed by atoms with van der Waals surface area (Å²) in [6.07, 6.45) is 5.98. The summed E-state index contributed by atoms with van der Waals surface area (Å²) >= 11 is 1.13. The molecule has 17 nitrogen and oxygen atoms in total. The van der Waals surface area contributed by atoms with Gasteiger partial charge in [-0.15, -0.1) is 0 Å². The lowest BCUT2D eigenvalue weighted by molar-refractivity contribution is -0.142. The van der Waals surface area contributed by atoms with Crippen molar-refractivity contribution in [2.24, 2.45) is 5.92 Å². The van der Waals surface area contributed by atoms with Gasteiger partial charge in [0.05, 0.1) is 78.7 Å². The number of likely N-dealkylation sites (tertiary alicyclic amines) is 1. The predicted molar refractivity (Wildman–Crippen MR) is 225 cm³/mol. The molecule has 5 N–H and O–H groups in total. The fourth-order valence-corrected chi connectivity index (χ4v) is 7.69. The quantitative estimate of drug-likeness (QED) is 0.0750. The number of carbonyl (C=O) groups excluding carboxylic acids is 4. The third-order valence-electron chi connectivity index (χ3n) is 10.1. The standard InChI is InChI=1S/C41H65N7O10S/c1-30(43-3)37(50)45-36(32-13-8-5-9-14-32)40(52)48-17-10-15-33(48)38(51)47-39-35(31-11-6-4-7-12-31)46-41(59-39)44-34(49)29-58-28-27-57-26-25-56-24-23-55-22-21-54-20-19-53-18-16-42-2/h4,6-7,11-12,30,32-33,36,42-43H,5,8-10,13-29H2,1-3H3,(H,45,50)(H,47,51)(H,44,46,49)/t30-,33-,36-/m0/s1. The van der Waals surface area contributed by atoms with Gasteiger partial charge >= 0.3 is 0 Å².